The van der Waals surface area contributed by atoms with Crippen LogP contribution in [0.5, 0.6) is 0 Å². The lowest BCUT2D eigenvalue weighted by Gasteiger charge is -2.29. The molecule has 0 bridgehead atoms. The summed E-state index contributed by atoms with van der Waals surface area (Å²) in [6, 6.07) is 13.3. The third-order valence-corrected chi connectivity index (χ3v) is 5.08. The Morgan fingerprint density at radius 3 is 2.55 bits per heavy atom. The summed E-state index contributed by atoms with van der Waals surface area (Å²) in [5, 5.41) is 22.1. The number of nitrogens with zero attached hydrogens (tertiary/aromatic N) is 2. The minimum absolute atomic E-state index is 0.0241. The molecule has 1 aliphatic heterocycles. The number of esters is 2. The molecular weight excluding hydrogens is 390 g/mol. The number of ether oxygens (including phenoxy) is 2. The van der Waals surface area contributed by atoms with E-state index in [4.69, 9.17) is 14.7 Å². The second-order valence-corrected chi connectivity index (χ2v) is 6.99. The largest absolute Gasteiger partial charge is 0.465 e. The Balaban J connectivity index is 2.42. The van der Waals surface area contributed by atoms with Crippen LogP contribution >= 0.6 is 11.8 Å². The Morgan fingerprint density at radius 2 is 1.93 bits per heavy atom. The molecule has 1 unspecified atom stereocenters. The molecule has 0 radical (unpaired) electrons. The van der Waals surface area contributed by atoms with Crippen LogP contribution in [0.3, 0.4) is 0 Å². The maximum absolute atomic E-state index is 12.7. The summed E-state index contributed by atoms with van der Waals surface area (Å²) < 4.78 is 10.2. The fraction of sp³-hybridized carbons (Fsp3) is 0.333. The van der Waals surface area contributed by atoms with Gasteiger partial charge in [0.1, 0.15) is 6.61 Å². The molecular formula is C21H21N3O4S. The molecule has 1 aromatic rings. The number of hydrogen-bond donors (Lipinski definition) is 1. The van der Waals surface area contributed by atoms with Gasteiger partial charge in [-0.3, -0.25) is 4.79 Å². The van der Waals surface area contributed by atoms with Crippen LogP contribution in [0, 0.1) is 22.7 Å². The van der Waals surface area contributed by atoms with Crippen LogP contribution < -0.4 is 5.32 Å². The predicted molar refractivity (Wildman–Crippen MR) is 108 cm³/mol. The molecule has 0 fully saturated rings. The highest BCUT2D eigenvalue weighted by molar-refractivity contribution is 8.03. The molecule has 150 valence electrons. The smallest absolute Gasteiger partial charge is 0.336 e. The van der Waals surface area contributed by atoms with E-state index in [1.165, 1.54) is 0 Å². The van der Waals surface area contributed by atoms with E-state index >= 15 is 0 Å². The monoisotopic (exact) mass is 411 g/mol. The van der Waals surface area contributed by atoms with Crippen molar-refractivity contribution in [3.8, 4) is 12.1 Å². The molecule has 0 saturated heterocycles. The van der Waals surface area contributed by atoms with E-state index in [9.17, 15) is 14.9 Å². The number of allylic oxidation sites excluding steroid dienone is 2. The van der Waals surface area contributed by atoms with E-state index in [-0.39, 0.29) is 31.4 Å². The van der Waals surface area contributed by atoms with Crippen molar-refractivity contribution in [3.05, 3.63) is 57.8 Å². The van der Waals surface area contributed by atoms with Gasteiger partial charge in [0, 0.05) is 5.70 Å². The Hall–Kier alpha value is -3.23. The zero-order valence-electron chi connectivity index (χ0n) is 16.2. The first-order valence-corrected chi connectivity index (χ1v) is 10.0. The van der Waals surface area contributed by atoms with Crippen molar-refractivity contribution in [1.82, 2.24) is 5.32 Å². The second kappa shape index (κ2) is 10.9. The summed E-state index contributed by atoms with van der Waals surface area (Å²) in [5.41, 5.74) is 1.92. The van der Waals surface area contributed by atoms with Gasteiger partial charge in [0.15, 0.2) is 0 Å². The zero-order chi connectivity index (χ0) is 21.2. The highest BCUT2D eigenvalue weighted by atomic mass is 32.2. The van der Waals surface area contributed by atoms with Gasteiger partial charge in [0.2, 0.25) is 0 Å². The van der Waals surface area contributed by atoms with E-state index < -0.39 is 11.9 Å². The Labute approximate surface area is 174 Å². The minimum Gasteiger partial charge on any atom is -0.465 e. The zero-order valence-corrected chi connectivity index (χ0v) is 17.0. The van der Waals surface area contributed by atoms with Gasteiger partial charge in [-0.2, -0.15) is 10.5 Å². The number of benzene rings is 1. The van der Waals surface area contributed by atoms with Crippen molar-refractivity contribution >= 4 is 23.7 Å². The van der Waals surface area contributed by atoms with Crippen LogP contribution in [0.1, 0.15) is 31.7 Å². The minimum atomic E-state index is -0.637. The molecule has 0 spiro atoms. The Kier molecular flexibility index (Phi) is 8.32. The Morgan fingerprint density at radius 1 is 1.21 bits per heavy atom. The van der Waals surface area contributed by atoms with E-state index in [2.05, 4.69) is 11.4 Å². The third kappa shape index (κ3) is 5.63. The molecule has 1 N–H and O–H groups in total. The second-order valence-electron chi connectivity index (χ2n) is 6.00. The number of nitriles is 2. The lowest BCUT2D eigenvalue weighted by atomic mass is 9.82. The summed E-state index contributed by atoms with van der Waals surface area (Å²) in [7, 11) is 0. The number of carbonyl (C=O) groups excluding carboxylic acids is 2. The quantitative estimate of drug-likeness (QED) is 0.513. The maximum Gasteiger partial charge on any atom is 0.336 e. The first-order valence-electron chi connectivity index (χ1n) is 9.02. The van der Waals surface area contributed by atoms with Crippen molar-refractivity contribution in [1.29, 1.82) is 10.5 Å². The van der Waals surface area contributed by atoms with Crippen molar-refractivity contribution in [2.24, 2.45) is 0 Å². The molecule has 1 atom stereocenters. The molecule has 0 saturated carbocycles. The van der Waals surface area contributed by atoms with Crippen molar-refractivity contribution in [2.45, 2.75) is 26.2 Å². The highest BCUT2D eigenvalue weighted by Crippen LogP contribution is 2.40. The molecule has 7 nitrogen and oxygen atoms in total. The summed E-state index contributed by atoms with van der Waals surface area (Å²) in [6.07, 6.45) is 0.0864. The van der Waals surface area contributed by atoms with Crippen LogP contribution in [-0.2, 0) is 19.1 Å². The average Bonchev–Trinajstić information content (AvgIpc) is 2.72. The summed E-state index contributed by atoms with van der Waals surface area (Å²) in [6.45, 7) is 3.70. The fourth-order valence-electron chi connectivity index (χ4n) is 2.88. The van der Waals surface area contributed by atoms with E-state index in [0.29, 0.717) is 21.9 Å². The highest BCUT2D eigenvalue weighted by Gasteiger charge is 2.35. The number of carbonyl (C=O) groups is 2. The number of dihydropyridines is 1. The summed E-state index contributed by atoms with van der Waals surface area (Å²) in [4.78, 5) is 24.5. The van der Waals surface area contributed by atoms with Crippen LogP contribution in [-0.4, -0.2) is 30.9 Å². The molecule has 0 aliphatic carbocycles. The van der Waals surface area contributed by atoms with Gasteiger partial charge in [-0.1, -0.05) is 42.1 Å². The third-order valence-electron chi connectivity index (χ3n) is 4.09. The number of thioether (sulfide) groups is 1. The first-order chi connectivity index (χ1) is 14.0. The molecule has 1 aliphatic rings. The molecule has 0 amide bonds. The van der Waals surface area contributed by atoms with Gasteiger partial charge in [0.25, 0.3) is 0 Å². The lowest BCUT2D eigenvalue weighted by molar-refractivity contribution is -0.140. The number of hydrogen-bond acceptors (Lipinski definition) is 8. The molecule has 8 heteroatoms. The standard InChI is InChI=1S/C21H21N3O4S/c1-3-27-17(25)13-29-20-16(12-23)19(15-8-5-4-6-9-15)18(14(2)24-20)21(26)28-11-7-10-22/h4-6,8-9,19,24H,3,7,11,13H2,1-2H3. The van der Waals surface area contributed by atoms with Gasteiger partial charge in [-0.15, -0.1) is 0 Å². The number of rotatable bonds is 8. The predicted octanol–water partition coefficient (Wildman–Crippen LogP) is 3.14. The summed E-state index contributed by atoms with van der Waals surface area (Å²) in [5.74, 6) is -1.57. The normalized spacial score (nSPS) is 15.8. The molecule has 1 heterocycles. The fourth-order valence-corrected chi connectivity index (χ4v) is 3.77. The number of nitrogens with one attached hydrogen (secondary N) is 1. The average molecular weight is 411 g/mol. The van der Waals surface area contributed by atoms with Gasteiger partial charge in [-0.25, -0.2) is 4.79 Å². The van der Waals surface area contributed by atoms with Crippen molar-refractivity contribution < 1.29 is 19.1 Å². The SMILES string of the molecule is CCOC(=O)CSC1=C(C#N)C(c2ccccc2)C(C(=O)OCCC#N)=C(C)N1. The Bertz CT molecular complexity index is 910. The molecule has 0 aromatic heterocycles. The van der Waals surface area contributed by atoms with Gasteiger partial charge in [-0.05, 0) is 19.4 Å². The van der Waals surface area contributed by atoms with Crippen LogP contribution in [0.25, 0.3) is 0 Å². The molecule has 1 aromatic carbocycles. The van der Waals surface area contributed by atoms with Gasteiger partial charge >= 0.3 is 11.9 Å². The topological polar surface area (TPSA) is 112 Å². The maximum atomic E-state index is 12.7. The summed E-state index contributed by atoms with van der Waals surface area (Å²) >= 11 is 1.16. The van der Waals surface area contributed by atoms with E-state index in [1.807, 2.05) is 36.4 Å². The van der Waals surface area contributed by atoms with Crippen LogP contribution in [0.2, 0.25) is 0 Å². The van der Waals surface area contributed by atoms with Crippen molar-refractivity contribution in [3.63, 3.8) is 0 Å². The lowest BCUT2D eigenvalue weighted by Crippen LogP contribution is -2.29. The molecule has 29 heavy (non-hydrogen) atoms. The van der Waals surface area contributed by atoms with Crippen molar-refractivity contribution in [2.75, 3.05) is 19.0 Å². The van der Waals surface area contributed by atoms with E-state index in [0.717, 1.165) is 17.3 Å². The first kappa shape index (κ1) is 22.1. The van der Waals surface area contributed by atoms with Gasteiger partial charge in [0.05, 0.1) is 53.0 Å². The molecule has 2 rings (SSSR count). The van der Waals surface area contributed by atoms with Crippen LogP contribution in [0.4, 0.5) is 0 Å². The van der Waals surface area contributed by atoms with E-state index in [1.54, 1.807) is 13.8 Å². The van der Waals surface area contributed by atoms with Gasteiger partial charge < -0.3 is 14.8 Å². The van der Waals surface area contributed by atoms with Crippen LogP contribution in [0.15, 0.2) is 52.2 Å².